The summed E-state index contributed by atoms with van der Waals surface area (Å²) in [5.74, 6) is 1.29. The van der Waals surface area contributed by atoms with Crippen LogP contribution in [0.5, 0.6) is 0 Å². The molecule has 2 N–H and O–H groups in total. The molecule has 0 radical (unpaired) electrons. The van der Waals surface area contributed by atoms with Crippen molar-refractivity contribution in [1.29, 1.82) is 0 Å². The number of hydrogen-bond donors (Lipinski definition) is 1. The summed E-state index contributed by atoms with van der Waals surface area (Å²) in [6.07, 6.45) is 3.48. The molecule has 1 unspecified atom stereocenters. The van der Waals surface area contributed by atoms with Crippen LogP contribution in [0.4, 0.5) is 5.69 Å². The lowest BCUT2D eigenvalue weighted by atomic mass is 10.1. The molecule has 0 spiro atoms. The van der Waals surface area contributed by atoms with Gasteiger partial charge in [-0.3, -0.25) is 0 Å². The van der Waals surface area contributed by atoms with E-state index in [0.717, 1.165) is 11.3 Å². The first kappa shape index (κ1) is 14.3. The van der Waals surface area contributed by atoms with Gasteiger partial charge in [0, 0.05) is 18.9 Å². The third-order valence-electron chi connectivity index (χ3n) is 2.90. The summed E-state index contributed by atoms with van der Waals surface area (Å²) in [5.41, 5.74) is 7.42. The number of anilines is 1. The van der Waals surface area contributed by atoms with E-state index in [1.807, 2.05) is 44.2 Å². The molecule has 1 aromatic carbocycles. The maximum absolute atomic E-state index is 5.72. The topological polar surface area (TPSA) is 74.2 Å². The van der Waals surface area contributed by atoms with Crippen LogP contribution in [0.3, 0.4) is 0 Å². The van der Waals surface area contributed by atoms with E-state index < -0.39 is 0 Å². The van der Waals surface area contributed by atoms with E-state index >= 15 is 0 Å². The smallest absolute Gasteiger partial charge is 0.250 e. The third kappa shape index (κ3) is 3.45. The summed E-state index contributed by atoms with van der Waals surface area (Å²) < 4.78 is 10.6. The van der Waals surface area contributed by atoms with Crippen LogP contribution in [-0.4, -0.2) is 17.3 Å². The van der Waals surface area contributed by atoms with Crippen LogP contribution < -0.4 is 5.73 Å². The minimum absolute atomic E-state index is 0.159. The molecular weight excluding hydrogens is 254 g/mol. The zero-order valence-corrected chi connectivity index (χ0v) is 11.9. The lowest BCUT2D eigenvalue weighted by Crippen LogP contribution is -2.10. The van der Waals surface area contributed by atoms with Crippen molar-refractivity contribution >= 4 is 17.8 Å². The predicted molar refractivity (Wildman–Crippen MR) is 78.7 cm³/mol. The molecule has 2 aromatic rings. The fourth-order valence-electron chi connectivity index (χ4n) is 1.94. The van der Waals surface area contributed by atoms with Crippen molar-refractivity contribution in [1.82, 2.24) is 10.1 Å². The molecule has 1 atom stereocenters. The highest BCUT2D eigenvalue weighted by Crippen LogP contribution is 2.22. The lowest BCUT2D eigenvalue weighted by Gasteiger charge is -2.14. The second-order valence-corrected chi connectivity index (χ2v) is 4.89. The number of nitrogen functional groups attached to an aromatic ring is 1. The Labute approximate surface area is 118 Å². The lowest BCUT2D eigenvalue weighted by molar-refractivity contribution is 0.0555. The largest absolute Gasteiger partial charge is 0.399 e. The molecule has 0 aliphatic rings. The molecule has 0 amide bonds. The number of hydrogen-bond acceptors (Lipinski definition) is 5. The van der Waals surface area contributed by atoms with Crippen LogP contribution in [0.1, 0.15) is 37.2 Å². The molecule has 5 heteroatoms. The number of nitrogens with zero attached hydrogens (tertiary/aromatic N) is 2. The van der Waals surface area contributed by atoms with Gasteiger partial charge in [0.25, 0.3) is 5.89 Å². The number of aromatic nitrogens is 2. The first-order valence-electron chi connectivity index (χ1n) is 6.50. The zero-order chi connectivity index (χ0) is 14.5. The fraction of sp³-hybridized carbons (Fsp3) is 0.333. The molecular formula is C15H19N3O2. The Bertz CT molecular complexity index is 590. The van der Waals surface area contributed by atoms with Gasteiger partial charge in [0.15, 0.2) is 0 Å². The van der Waals surface area contributed by atoms with Crippen molar-refractivity contribution in [3.63, 3.8) is 0 Å². The summed E-state index contributed by atoms with van der Waals surface area (Å²) in [5, 5.41) is 3.95. The van der Waals surface area contributed by atoms with Gasteiger partial charge in [0.2, 0.25) is 5.82 Å². The predicted octanol–water partition coefficient (Wildman–Crippen LogP) is 3.17. The van der Waals surface area contributed by atoms with E-state index in [-0.39, 0.29) is 12.0 Å². The molecule has 2 rings (SSSR count). The standard InChI is InChI=1S/C15H19N3O2/c1-10(2)14(19-3)15-17-13(20-18-15)8-7-11-5-4-6-12(16)9-11/h4-10,14H,16H2,1-3H3/b8-7+. The van der Waals surface area contributed by atoms with Crippen LogP contribution in [0.15, 0.2) is 28.8 Å². The number of benzene rings is 1. The SMILES string of the molecule is COC(c1noc(/C=C/c2cccc(N)c2)n1)C(C)C. The third-order valence-corrected chi connectivity index (χ3v) is 2.90. The Balaban J connectivity index is 2.13. The van der Waals surface area contributed by atoms with E-state index in [0.29, 0.717) is 11.7 Å². The molecule has 5 nitrogen and oxygen atoms in total. The minimum Gasteiger partial charge on any atom is -0.399 e. The van der Waals surface area contributed by atoms with Gasteiger partial charge >= 0.3 is 0 Å². The zero-order valence-electron chi connectivity index (χ0n) is 11.9. The van der Waals surface area contributed by atoms with E-state index in [1.165, 1.54) is 0 Å². The van der Waals surface area contributed by atoms with Crippen molar-refractivity contribution in [2.75, 3.05) is 12.8 Å². The molecule has 0 saturated carbocycles. The fourth-order valence-corrected chi connectivity index (χ4v) is 1.94. The van der Waals surface area contributed by atoms with Crippen LogP contribution in [-0.2, 0) is 4.74 Å². The Morgan fingerprint density at radius 1 is 1.30 bits per heavy atom. The molecule has 1 heterocycles. The second kappa shape index (κ2) is 6.34. The van der Waals surface area contributed by atoms with Gasteiger partial charge in [-0.15, -0.1) is 0 Å². The van der Waals surface area contributed by atoms with Crippen molar-refractivity contribution in [2.45, 2.75) is 20.0 Å². The number of ether oxygens (including phenoxy) is 1. The highest BCUT2D eigenvalue weighted by atomic mass is 16.5. The summed E-state index contributed by atoms with van der Waals surface area (Å²) in [6, 6.07) is 7.57. The number of nitrogens with two attached hydrogens (primary N) is 1. The van der Waals surface area contributed by atoms with Crippen molar-refractivity contribution < 1.29 is 9.26 Å². The van der Waals surface area contributed by atoms with Gasteiger partial charge in [-0.25, -0.2) is 0 Å². The maximum Gasteiger partial charge on any atom is 0.250 e. The highest BCUT2D eigenvalue weighted by molar-refractivity contribution is 5.67. The highest BCUT2D eigenvalue weighted by Gasteiger charge is 2.20. The number of methoxy groups -OCH3 is 1. The van der Waals surface area contributed by atoms with Crippen LogP contribution in [0.2, 0.25) is 0 Å². The van der Waals surface area contributed by atoms with Crippen LogP contribution in [0.25, 0.3) is 12.2 Å². The average molecular weight is 273 g/mol. The van der Waals surface area contributed by atoms with Crippen molar-refractivity contribution in [3.05, 3.63) is 41.5 Å². The molecule has 106 valence electrons. The maximum atomic E-state index is 5.72. The van der Waals surface area contributed by atoms with Gasteiger partial charge in [0.05, 0.1) is 0 Å². The summed E-state index contributed by atoms with van der Waals surface area (Å²) >= 11 is 0. The van der Waals surface area contributed by atoms with Gasteiger partial charge < -0.3 is 15.0 Å². The normalized spacial score (nSPS) is 13.2. The van der Waals surface area contributed by atoms with Crippen LogP contribution >= 0.6 is 0 Å². The van der Waals surface area contributed by atoms with Crippen molar-refractivity contribution in [2.24, 2.45) is 5.92 Å². The van der Waals surface area contributed by atoms with Gasteiger partial charge in [-0.2, -0.15) is 4.98 Å². The van der Waals surface area contributed by atoms with E-state index in [4.69, 9.17) is 15.0 Å². The van der Waals surface area contributed by atoms with Gasteiger partial charge in [-0.1, -0.05) is 31.1 Å². The van der Waals surface area contributed by atoms with E-state index in [9.17, 15) is 0 Å². The first-order valence-corrected chi connectivity index (χ1v) is 6.50. The Morgan fingerprint density at radius 3 is 2.75 bits per heavy atom. The molecule has 20 heavy (non-hydrogen) atoms. The summed E-state index contributed by atoms with van der Waals surface area (Å²) in [4.78, 5) is 4.32. The first-order chi connectivity index (χ1) is 9.60. The molecule has 0 bridgehead atoms. The summed E-state index contributed by atoms with van der Waals surface area (Å²) in [7, 11) is 1.64. The van der Waals surface area contributed by atoms with Gasteiger partial charge in [0.1, 0.15) is 6.10 Å². The van der Waals surface area contributed by atoms with Gasteiger partial charge in [-0.05, 0) is 29.7 Å². The second-order valence-electron chi connectivity index (χ2n) is 4.89. The molecule has 0 saturated heterocycles. The monoisotopic (exact) mass is 273 g/mol. The molecule has 0 aliphatic heterocycles. The molecule has 1 aromatic heterocycles. The number of rotatable bonds is 5. The Kier molecular flexibility index (Phi) is 4.53. The Morgan fingerprint density at radius 2 is 2.10 bits per heavy atom. The Hall–Kier alpha value is -2.14. The molecule has 0 fully saturated rings. The summed E-state index contributed by atoms with van der Waals surface area (Å²) in [6.45, 7) is 4.10. The minimum atomic E-state index is -0.159. The van der Waals surface area contributed by atoms with Crippen molar-refractivity contribution in [3.8, 4) is 0 Å². The van der Waals surface area contributed by atoms with E-state index in [2.05, 4.69) is 10.1 Å². The van der Waals surface area contributed by atoms with E-state index in [1.54, 1.807) is 13.2 Å². The quantitative estimate of drug-likeness (QED) is 0.847. The average Bonchev–Trinajstić information content (AvgIpc) is 2.85. The molecule has 0 aliphatic carbocycles. The van der Waals surface area contributed by atoms with Crippen LogP contribution in [0, 0.1) is 5.92 Å².